The summed E-state index contributed by atoms with van der Waals surface area (Å²) in [5.74, 6) is 2.28. The highest BCUT2D eigenvalue weighted by atomic mass is 16.1. The first-order valence-electron chi connectivity index (χ1n) is 9.25. The highest BCUT2D eigenvalue weighted by molar-refractivity contribution is 5.85. The van der Waals surface area contributed by atoms with E-state index in [9.17, 15) is 4.79 Å². The molecule has 130 valence electrons. The summed E-state index contributed by atoms with van der Waals surface area (Å²) in [4.78, 5) is 17.2. The van der Waals surface area contributed by atoms with Crippen LogP contribution < -0.4 is 10.7 Å². The lowest BCUT2D eigenvalue weighted by atomic mass is 10.0. The second-order valence-corrected chi connectivity index (χ2v) is 7.38. The van der Waals surface area contributed by atoms with Crippen molar-refractivity contribution in [1.82, 2.24) is 9.55 Å². The predicted octanol–water partition coefficient (Wildman–Crippen LogP) is 4.42. The van der Waals surface area contributed by atoms with E-state index in [1.54, 1.807) is 18.5 Å². The molecule has 1 saturated carbocycles. The number of para-hydroxylation sites is 1. The number of nitrogens with zero attached hydrogens (tertiary/aromatic N) is 2. The first-order chi connectivity index (χ1) is 12.7. The highest BCUT2D eigenvalue weighted by Gasteiger charge is 2.41. The molecular formula is C22H21N3O. The van der Waals surface area contributed by atoms with Gasteiger partial charge in [0.05, 0.1) is 17.1 Å². The molecule has 0 bridgehead atoms. The summed E-state index contributed by atoms with van der Waals surface area (Å²) in [6, 6.07) is 11.9. The van der Waals surface area contributed by atoms with Crippen LogP contribution in [0.4, 0.5) is 5.82 Å². The minimum Gasteiger partial charge on any atom is -0.345 e. The van der Waals surface area contributed by atoms with E-state index in [1.165, 1.54) is 18.5 Å². The summed E-state index contributed by atoms with van der Waals surface area (Å²) < 4.78 is 2.11. The summed E-state index contributed by atoms with van der Waals surface area (Å²) in [7, 11) is 0. The molecule has 4 nitrogen and oxygen atoms in total. The third-order valence-electron chi connectivity index (χ3n) is 5.62. The molecule has 1 N–H and O–H groups in total. The van der Waals surface area contributed by atoms with Gasteiger partial charge in [0.15, 0.2) is 5.43 Å². The van der Waals surface area contributed by atoms with Gasteiger partial charge in [0.25, 0.3) is 0 Å². The van der Waals surface area contributed by atoms with Crippen LogP contribution in [0.25, 0.3) is 16.6 Å². The molecule has 0 aliphatic heterocycles. The molecule has 1 aromatic carbocycles. The monoisotopic (exact) mass is 343 g/mol. The molecule has 0 radical (unpaired) electrons. The molecule has 3 aromatic rings. The molecule has 2 heterocycles. The van der Waals surface area contributed by atoms with Crippen molar-refractivity contribution in [3.63, 3.8) is 0 Å². The van der Waals surface area contributed by atoms with Crippen LogP contribution in [0.2, 0.25) is 0 Å². The fourth-order valence-electron chi connectivity index (χ4n) is 4.22. The van der Waals surface area contributed by atoms with Gasteiger partial charge in [0.2, 0.25) is 0 Å². The van der Waals surface area contributed by atoms with Crippen molar-refractivity contribution in [1.29, 1.82) is 0 Å². The molecule has 2 unspecified atom stereocenters. The zero-order valence-electron chi connectivity index (χ0n) is 14.8. The maximum Gasteiger partial charge on any atom is 0.191 e. The number of allylic oxidation sites excluding steroid dienone is 2. The van der Waals surface area contributed by atoms with Gasteiger partial charge in [-0.3, -0.25) is 14.3 Å². The predicted molar refractivity (Wildman–Crippen MR) is 105 cm³/mol. The van der Waals surface area contributed by atoms with E-state index in [4.69, 9.17) is 0 Å². The van der Waals surface area contributed by atoms with Crippen molar-refractivity contribution >= 4 is 16.7 Å². The Morgan fingerprint density at radius 2 is 2.04 bits per heavy atom. The SMILES string of the molecule is Cc1cncc2c1c(=O)cc(NC1=CCCC3CC13)n2-c1ccccc1. The molecule has 1 fully saturated rings. The summed E-state index contributed by atoms with van der Waals surface area (Å²) in [5.41, 5.74) is 4.08. The Labute approximate surface area is 152 Å². The van der Waals surface area contributed by atoms with Gasteiger partial charge in [-0.25, -0.2) is 0 Å². The van der Waals surface area contributed by atoms with Gasteiger partial charge in [-0.1, -0.05) is 24.3 Å². The third-order valence-corrected chi connectivity index (χ3v) is 5.62. The fraction of sp³-hybridized carbons (Fsp3) is 0.273. The molecule has 2 atom stereocenters. The van der Waals surface area contributed by atoms with E-state index < -0.39 is 0 Å². The molecule has 0 saturated heterocycles. The zero-order valence-corrected chi connectivity index (χ0v) is 14.8. The van der Waals surface area contributed by atoms with E-state index >= 15 is 0 Å². The van der Waals surface area contributed by atoms with Crippen LogP contribution in [-0.4, -0.2) is 9.55 Å². The van der Waals surface area contributed by atoms with Gasteiger partial charge in [-0.2, -0.15) is 0 Å². The van der Waals surface area contributed by atoms with Crippen LogP contribution in [0, 0.1) is 18.8 Å². The third kappa shape index (κ3) is 2.45. The normalized spacial score (nSPS) is 21.2. The number of fused-ring (bicyclic) bond motifs is 2. The minimum absolute atomic E-state index is 0.0401. The van der Waals surface area contributed by atoms with Crippen LogP contribution in [-0.2, 0) is 0 Å². The Bertz CT molecular complexity index is 1080. The Morgan fingerprint density at radius 1 is 1.19 bits per heavy atom. The number of hydrogen-bond donors (Lipinski definition) is 1. The van der Waals surface area contributed by atoms with Crippen LogP contribution in [0.15, 0.2) is 65.4 Å². The molecular weight excluding hydrogens is 322 g/mol. The Kier molecular flexibility index (Phi) is 3.45. The second-order valence-electron chi connectivity index (χ2n) is 7.38. The van der Waals surface area contributed by atoms with E-state index in [1.807, 2.05) is 25.1 Å². The molecule has 2 aromatic heterocycles. The number of benzene rings is 1. The van der Waals surface area contributed by atoms with Crippen molar-refractivity contribution in [3.05, 3.63) is 76.4 Å². The van der Waals surface area contributed by atoms with Crippen LogP contribution in [0.3, 0.4) is 0 Å². The van der Waals surface area contributed by atoms with Gasteiger partial charge >= 0.3 is 0 Å². The molecule has 5 rings (SSSR count). The van der Waals surface area contributed by atoms with Gasteiger partial charge < -0.3 is 5.32 Å². The van der Waals surface area contributed by atoms with Crippen LogP contribution in [0.1, 0.15) is 24.8 Å². The quantitative estimate of drug-likeness (QED) is 0.766. The number of rotatable bonds is 3. The molecule has 26 heavy (non-hydrogen) atoms. The lowest BCUT2D eigenvalue weighted by molar-refractivity contribution is 0.662. The van der Waals surface area contributed by atoms with Crippen LogP contribution >= 0.6 is 0 Å². The number of hydrogen-bond acceptors (Lipinski definition) is 3. The summed E-state index contributed by atoms with van der Waals surface area (Å²) in [5, 5.41) is 4.32. The van der Waals surface area contributed by atoms with Crippen molar-refractivity contribution in [2.75, 3.05) is 5.32 Å². The zero-order chi connectivity index (χ0) is 17.7. The Balaban J connectivity index is 1.74. The summed E-state index contributed by atoms with van der Waals surface area (Å²) >= 11 is 0. The van der Waals surface area contributed by atoms with Crippen molar-refractivity contribution in [3.8, 4) is 5.69 Å². The number of aryl methyl sites for hydroxylation is 1. The fourth-order valence-corrected chi connectivity index (χ4v) is 4.22. The number of aromatic nitrogens is 2. The van der Waals surface area contributed by atoms with Crippen molar-refractivity contribution in [2.24, 2.45) is 11.8 Å². The van der Waals surface area contributed by atoms with Gasteiger partial charge in [0.1, 0.15) is 5.82 Å². The smallest absolute Gasteiger partial charge is 0.191 e. The standard InChI is InChI=1S/C22H21N3O/c1-14-12-23-13-19-22(14)20(26)11-21(25(19)16-7-3-2-4-8-16)24-18-9-5-6-15-10-17(15)18/h2-4,7-9,11-13,15,17,24H,5-6,10H2,1H3. The lowest BCUT2D eigenvalue weighted by Gasteiger charge is -2.21. The molecule has 0 spiro atoms. The Morgan fingerprint density at radius 3 is 2.88 bits per heavy atom. The van der Waals surface area contributed by atoms with Gasteiger partial charge in [-0.15, -0.1) is 0 Å². The van der Waals surface area contributed by atoms with Crippen molar-refractivity contribution < 1.29 is 0 Å². The lowest BCUT2D eigenvalue weighted by Crippen LogP contribution is -2.17. The van der Waals surface area contributed by atoms with E-state index in [2.05, 4.69) is 33.1 Å². The number of nitrogens with one attached hydrogen (secondary N) is 1. The summed E-state index contributed by atoms with van der Waals surface area (Å²) in [6.07, 6.45) is 9.52. The van der Waals surface area contributed by atoms with Crippen molar-refractivity contribution in [2.45, 2.75) is 26.2 Å². The largest absolute Gasteiger partial charge is 0.345 e. The minimum atomic E-state index is 0.0401. The summed E-state index contributed by atoms with van der Waals surface area (Å²) in [6.45, 7) is 1.94. The molecule has 4 heteroatoms. The first-order valence-corrected chi connectivity index (χ1v) is 9.25. The topological polar surface area (TPSA) is 46.9 Å². The second kappa shape index (κ2) is 5.84. The number of anilines is 1. The van der Waals surface area contributed by atoms with Crippen LogP contribution in [0.5, 0.6) is 0 Å². The van der Waals surface area contributed by atoms with E-state index in [-0.39, 0.29) is 5.43 Å². The molecule has 2 aliphatic carbocycles. The number of pyridine rings is 2. The maximum atomic E-state index is 12.8. The van der Waals surface area contributed by atoms with Gasteiger partial charge in [-0.05, 0) is 49.8 Å². The Hall–Kier alpha value is -2.88. The average molecular weight is 343 g/mol. The van der Waals surface area contributed by atoms with E-state index in [0.29, 0.717) is 5.92 Å². The molecule has 2 aliphatic rings. The van der Waals surface area contributed by atoms with E-state index in [0.717, 1.165) is 40.3 Å². The maximum absolute atomic E-state index is 12.8. The highest BCUT2D eigenvalue weighted by Crippen LogP contribution is 2.50. The first kappa shape index (κ1) is 15.4. The molecule has 0 amide bonds. The average Bonchev–Trinajstić information content (AvgIpc) is 3.43. The van der Waals surface area contributed by atoms with Gasteiger partial charge in [0, 0.05) is 29.6 Å².